The molecule has 1 saturated heterocycles. The molecule has 1 atom stereocenters. The van der Waals surface area contributed by atoms with Crippen molar-refractivity contribution in [3.8, 4) is 11.5 Å². The number of ether oxygens (including phenoxy) is 1. The van der Waals surface area contributed by atoms with Crippen LogP contribution in [0.1, 0.15) is 11.1 Å². The number of aliphatic carboxylic acids is 1. The first-order chi connectivity index (χ1) is 12.9. The highest BCUT2D eigenvalue weighted by Crippen LogP contribution is 2.27. The molecule has 1 heterocycles. The lowest BCUT2D eigenvalue weighted by Crippen LogP contribution is -2.32. The van der Waals surface area contributed by atoms with Crippen molar-refractivity contribution in [1.82, 2.24) is 5.32 Å². The summed E-state index contributed by atoms with van der Waals surface area (Å²) < 4.78 is 5.74. The van der Waals surface area contributed by atoms with E-state index >= 15 is 0 Å². The van der Waals surface area contributed by atoms with Crippen molar-refractivity contribution in [3.05, 3.63) is 64.6 Å². The van der Waals surface area contributed by atoms with Gasteiger partial charge in [-0.1, -0.05) is 24.3 Å². The highest BCUT2D eigenvalue weighted by atomic mass is 32.2. The van der Waals surface area contributed by atoms with E-state index in [1.54, 1.807) is 54.6 Å². The van der Waals surface area contributed by atoms with Gasteiger partial charge in [-0.3, -0.25) is 19.7 Å². The molecular weight excluding hydrogens is 368 g/mol. The Bertz CT molecular complexity index is 907. The van der Waals surface area contributed by atoms with Crippen LogP contribution in [-0.4, -0.2) is 28.3 Å². The molecule has 0 spiro atoms. The van der Waals surface area contributed by atoms with Gasteiger partial charge in [0.1, 0.15) is 17.5 Å². The number of carbonyl (C=O) groups is 3. The van der Waals surface area contributed by atoms with E-state index in [2.05, 4.69) is 5.32 Å². The van der Waals surface area contributed by atoms with Gasteiger partial charge in [-0.25, -0.2) is 0 Å². The fourth-order valence-corrected chi connectivity index (χ4v) is 3.06. The maximum atomic E-state index is 11.5. The van der Waals surface area contributed by atoms with Gasteiger partial charge in [0.2, 0.25) is 0 Å². The molecular formula is C19H16N2O5S. The Balaban J connectivity index is 1.63. The zero-order valence-electron chi connectivity index (χ0n) is 14.0. The van der Waals surface area contributed by atoms with E-state index < -0.39 is 17.9 Å². The summed E-state index contributed by atoms with van der Waals surface area (Å²) in [4.78, 5) is 33.8. The Hall–Kier alpha value is -3.10. The number of imide groups is 1. The summed E-state index contributed by atoms with van der Waals surface area (Å²) in [5, 5.41) is 10.7. The van der Waals surface area contributed by atoms with E-state index in [0.717, 1.165) is 22.9 Å². The van der Waals surface area contributed by atoms with E-state index in [-0.39, 0.29) is 11.7 Å². The smallest absolute Gasteiger partial charge is 0.320 e. The molecule has 8 heteroatoms. The number of carbonyl (C=O) groups excluding carboxylic acids is 2. The Labute approximate surface area is 159 Å². The monoisotopic (exact) mass is 384 g/mol. The summed E-state index contributed by atoms with van der Waals surface area (Å²) in [6.45, 7) is 0. The van der Waals surface area contributed by atoms with Crippen molar-refractivity contribution < 1.29 is 24.2 Å². The number of carboxylic acids is 1. The van der Waals surface area contributed by atoms with Crippen molar-refractivity contribution in [2.75, 3.05) is 0 Å². The fraction of sp³-hybridized carbons (Fsp3) is 0.105. The van der Waals surface area contributed by atoms with E-state index in [0.29, 0.717) is 16.4 Å². The first-order valence-electron chi connectivity index (χ1n) is 8.01. The highest BCUT2D eigenvalue weighted by molar-refractivity contribution is 8.18. The van der Waals surface area contributed by atoms with Crippen LogP contribution in [0.3, 0.4) is 0 Å². The predicted molar refractivity (Wildman–Crippen MR) is 101 cm³/mol. The molecule has 0 unspecified atom stereocenters. The van der Waals surface area contributed by atoms with Crippen LogP contribution in [0.5, 0.6) is 11.5 Å². The lowest BCUT2D eigenvalue weighted by molar-refractivity contribution is -0.138. The molecule has 4 N–H and O–H groups in total. The SMILES string of the molecule is N[C@H](Cc1ccc(Oc2ccc(/C=C3\SC(=O)NC3=O)cc2)cc1)C(=O)O. The number of amides is 2. The number of thioether (sulfide) groups is 1. The van der Waals surface area contributed by atoms with Gasteiger partial charge in [0.25, 0.3) is 11.1 Å². The quantitative estimate of drug-likeness (QED) is 0.655. The molecule has 0 bridgehead atoms. The molecule has 0 saturated carbocycles. The third-order valence-corrected chi connectivity index (χ3v) is 4.56. The molecule has 3 rings (SSSR count). The molecule has 0 aromatic heterocycles. The van der Waals surface area contributed by atoms with Gasteiger partial charge in [-0.2, -0.15) is 0 Å². The summed E-state index contributed by atoms with van der Waals surface area (Å²) >= 11 is 0.867. The predicted octanol–water partition coefficient (Wildman–Crippen LogP) is 2.76. The minimum Gasteiger partial charge on any atom is -0.480 e. The zero-order valence-corrected chi connectivity index (χ0v) is 14.9. The summed E-state index contributed by atoms with van der Waals surface area (Å²) in [6, 6.07) is 13.1. The zero-order chi connectivity index (χ0) is 19.4. The number of benzene rings is 2. The number of hydrogen-bond donors (Lipinski definition) is 3. The molecule has 1 fully saturated rings. The topological polar surface area (TPSA) is 119 Å². The molecule has 2 amide bonds. The van der Waals surface area contributed by atoms with Gasteiger partial charge in [0.05, 0.1) is 4.91 Å². The lowest BCUT2D eigenvalue weighted by Gasteiger charge is -2.09. The van der Waals surface area contributed by atoms with Crippen LogP contribution in [0.4, 0.5) is 4.79 Å². The Morgan fingerprint density at radius 1 is 1.11 bits per heavy atom. The first-order valence-corrected chi connectivity index (χ1v) is 8.82. The van der Waals surface area contributed by atoms with Gasteiger partial charge in [0, 0.05) is 0 Å². The number of rotatable bonds is 6. The average Bonchev–Trinajstić information content (AvgIpc) is 2.95. The number of hydrogen-bond acceptors (Lipinski definition) is 6. The highest BCUT2D eigenvalue weighted by Gasteiger charge is 2.24. The molecule has 0 aliphatic carbocycles. The summed E-state index contributed by atoms with van der Waals surface area (Å²) in [5.41, 5.74) is 7.10. The minimum absolute atomic E-state index is 0.243. The van der Waals surface area contributed by atoms with Crippen LogP contribution in [0, 0.1) is 0 Å². The minimum atomic E-state index is -1.04. The van der Waals surface area contributed by atoms with E-state index in [4.69, 9.17) is 15.6 Å². The van der Waals surface area contributed by atoms with Crippen molar-refractivity contribution in [2.45, 2.75) is 12.5 Å². The van der Waals surface area contributed by atoms with Gasteiger partial charge in [-0.15, -0.1) is 0 Å². The fourth-order valence-electron chi connectivity index (χ4n) is 2.38. The Morgan fingerprint density at radius 3 is 2.22 bits per heavy atom. The summed E-state index contributed by atoms with van der Waals surface area (Å²) in [7, 11) is 0. The Kier molecular flexibility index (Phi) is 5.58. The van der Waals surface area contributed by atoms with Crippen LogP contribution >= 0.6 is 11.8 Å². The molecule has 0 radical (unpaired) electrons. The molecule has 1 aliphatic rings. The first kappa shape index (κ1) is 18.7. The standard InChI is InChI=1S/C19H16N2O5S/c20-15(18(23)24)9-11-1-5-13(6-2-11)26-14-7-3-12(4-8-14)10-16-17(22)21-19(25)27-16/h1-8,10,15H,9,20H2,(H,23,24)(H,21,22,25)/b16-10-/t15-/m1/s1. The second-order valence-electron chi connectivity index (χ2n) is 5.82. The van der Waals surface area contributed by atoms with E-state index in [1.807, 2.05) is 0 Å². The third kappa shape index (κ3) is 4.96. The number of nitrogens with one attached hydrogen (secondary N) is 1. The van der Waals surface area contributed by atoms with Crippen molar-refractivity contribution in [2.24, 2.45) is 5.73 Å². The van der Waals surface area contributed by atoms with Crippen LogP contribution in [0.15, 0.2) is 53.4 Å². The maximum Gasteiger partial charge on any atom is 0.320 e. The maximum absolute atomic E-state index is 11.5. The molecule has 2 aromatic carbocycles. The van der Waals surface area contributed by atoms with Crippen molar-refractivity contribution >= 4 is 35.0 Å². The van der Waals surface area contributed by atoms with E-state index in [9.17, 15) is 14.4 Å². The molecule has 1 aliphatic heterocycles. The number of nitrogens with two attached hydrogens (primary N) is 1. The van der Waals surface area contributed by atoms with Gasteiger partial charge in [0.15, 0.2) is 0 Å². The molecule has 138 valence electrons. The molecule has 27 heavy (non-hydrogen) atoms. The molecule has 2 aromatic rings. The second-order valence-corrected chi connectivity index (χ2v) is 6.83. The van der Waals surface area contributed by atoms with Crippen LogP contribution in [-0.2, 0) is 16.0 Å². The summed E-state index contributed by atoms with van der Waals surface area (Å²) in [5.74, 6) is -0.229. The van der Waals surface area contributed by atoms with Crippen LogP contribution < -0.4 is 15.8 Å². The van der Waals surface area contributed by atoms with Crippen LogP contribution in [0.25, 0.3) is 6.08 Å². The lowest BCUT2D eigenvalue weighted by atomic mass is 10.1. The van der Waals surface area contributed by atoms with E-state index in [1.165, 1.54) is 0 Å². The number of carboxylic acid groups (broad SMARTS) is 1. The van der Waals surface area contributed by atoms with Gasteiger partial charge in [-0.05, 0) is 59.7 Å². The van der Waals surface area contributed by atoms with Crippen molar-refractivity contribution in [1.29, 1.82) is 0 Å². The third-order valence-electron chi connectivity index (χ3n) is 3.75. The normalized spacial score (nSPS) is 16.3. The molecule has 7 nitrogen and oxygen atoms in total. The van der Waals surface area contributed by atoms with Gasteiger partial charge < -0.3 is 15.6 Å². The van der Waals surface area contributed by atoms with Crippen molar-refractivity contribution in [3.63, 3.8) is 0 Å². The second kappa shape index (κ2) is 8.07. The largest absolute Gasteiger partial charge is 0.480 e. The van der Waals surface area contributed by atoms with Gasteiger partial charge >= 0.3 is 5.97 Å². The Morgan fingerprint density at radius 2 is 1.70 bits per heavy atom. The average molecular weight is 384 g/mol. The summed E-state index contributed by atoms with van der Waals surface area (Å²) in [6.07, 6.45) is 1.88. The van der Waals surface area contributed by atoms with Crippen LogP contribution in [0.2, 0.25) is 0 Å².